The average molecular weight is 456 g/mol. The number of aryl methyl sites for hydroxylation is 2. The van der Waals surface area contributed by atoms with Crippen molar-refractivity contribution in [3.8, 4) is 0 Å². The first-order valence-corrected chi connectivity index (χ1v) is 10.4. The van der Waals surface area contributed by atoms with Gasteiger partial charge >= 0.3 is 6.09 Å². The van der Waals surface area contributed by atoms with E-state index in [9.17, 15) is 24.5 Å². The predicted octanol–water partition coefficient (Wildman–Crippen LogP) is 4.21. The van der Waals surface area contributed by atoms with Gasteiger partial charge in [-0.1, -0.05) is 51.1 Å². The zero-order valence-corrected chi connectivity index (χ0v) is 19.5. The van der Waals surface area contributed by atoms with Crippen LogP contribution in [0.1, 0.15) is 54.2 Å². The van der Waals surface area contributed by atoms with E-state index in [1.807, 2.05) is 20.8 Å². The normalized spacial score (nSPS) is 12.0. The Labute approximate surface area is 192 Å². The first-order valence-electron chi connectivity index (χ1n) is 10.4. The fraction of sp³-hybridized carbons (Fsp3) is 0.375. The maximum Gasteiger partial charge on any atom is 0.404 e. The van der Waals surface area contributed by atoms with Crippen molar-refractivity contribution >= 4 is 29.7 Å². The summed E-state index contributed by atoms with van der Waals surface area (Å²) < 4.78 is 5.03. The highest BCUT2D eigenvalue weighted by Crippen LogP contribution is 2.37. The maximum atomic E-state index is 13.9. The number of anilines is 1. The van der Waals surface area contributed by atoms with Gasteiger partial charge in [0, 0.05) is 17.7 Å². The lowest BCUT2D eigenvalue weighted by Crippen LogP contribution is -2.41. The summed E-state index contributed by atoms with van der Waals surface area (Å²) in [5.41, 5.74) is 6.28. The zero-order chi connectivity index (χ0) is 24.9. The molecule has 0 radical (unpaired) electrons. The Morgan fingerprint density at radius 3 is 2.30 bits per heavy atom. The molecule has 2 aromatic carbocycles. The van der Waals surface area contributed by atoms with Crippen LogP contribution in [0.4, 0.5) is 16.2 Å². The summed E-state index contributed by atoms with van der Waals surface area (Å²) in [6.45, 7) is 8.70. The average Bonchev–Trinajstić information content (AvgIpc) is 2.70. The predicted molar refractivity (Wildman–Crippen MR) is 125 cm³/mol. The monoisotopic (exact) mass is 455 g/mol. The van der Waals surface area contributed by atoms with Crippen LogP contribution in [0.25, 0.3) is 0 Å². The minimum atomic E-state index is -1.09. The quantitative estimate of drug-likeness (QED) is 0.360. The molecule has 176 valence electrons. The van der Waals surface area contributed by atoms with Gasteiger partial charge in [-0.15, -0.1) is 0 Å². The Morgan fingerprint density at radius 2 is 1.79 bits per heavy atom. The molecule has 0 fully saturated rings. The Bertz CT molecular complexity index is 1070. The fourth-order valence-electron chi connectivity index (χ4n) is 3.68. The third kappa shape index (κ3) is 5.94. The number of nitro groups is 1. The molecule has 2 N–H and O–H groups in total. The van der Waals surface area contributed by atoms with Crippen LogP contribution in [0.15, 0.2) is 36.4 Å². The van der Waals surface area contributed by atoms with Gasteiger partial charge in [0.05, 0.1) is 11.5 Å². The first kappa shape index (κ1) is 25.5. The molecule has 1 unspecified atom stereocenters. The summed E-state index contributed by atoms with van der Waals surface area (Å²) >= 11 is 0. The van der Waals surface area contributed by atoms with Gasteiger partial charge in [-0.25, -0.2) is 4.79 Å². The van der Waals surface area contributed by atoms with Gasteiger partial charge in [-0.2, -0.15) is 0 Å². The van der Waals surface area contributed by atoms with Crippen molar-refractivity contribution in [2.45, 2.75) is 52.6 Å². The number of aldehydes is 1. The third-order valence-electron chi connectivity index (χ3n) is 5.27. The zero-order valence-electron chi connectivity index (χ0n) is 19.5. The van der Waals surface area contributed by atoms with Crippen LogP contribution in [0.3, 0.4) is 0 Å². The van der Waals surface area contributed by atoms with Gasteiger partial charge in [-0.3, -0.25) is 14.9 Å². The van der Waals surface area contributed by atoms with E-state index >= 15 is 0 Å². The van der Waals surface area contributed by atoms with Crippen molar-refractivity contribution < 1.29 is 24.0 Å². The lowest BCUT2D eigenvalue weighted by Gasteiger charge is -2.29. The van der Waals surface area contributed by atoms with Gasteiger partial charge in [-0.05, 0) is 36.5 Å². The van der Waals surface area contributed by atoms with Gasteiger partial charge in [0.2, 0.25) is 0 Å². The van der Waals surface area contributed by atoms with E-state index in [1.54, 1.807) is 50.2 Å². The molecule has 9 nitrogen and oxygen atoms in total. The lowest BCUT2D eigenvalue weighted by atomic mass is 9.83. The largest absolute Gasteiger partial charge is 0.444 e. The number of nitro benzene ring substituents is 1. The highest BCUT2D eigenvalue weighted by atomic mass is 16.6. The Morgan fingerprint density at radius 1 is 1.15 bits per heavy atom. The molecular weight excluding hydrogens is 426 g/mol. The molecule has 0 aliphatic carbocycles. The van der Waals surface area contributed by atoms with Crippen LogP contribution < -0.4 is 10.6 Å². The molecule has 0 spiro atoms. The van der Waals surface area contributed by atoms with Crippen molar-refractivity contribution in [1.29, 1.82) is 0 Å². The number of nitrogens with zero attached hydrogens (tertiary/aromatic N) is 2. The van der Waals surface area contributed by atoms with Crippen molar-refractivity contribution in [2.75, 3.05) is 11.4 Å². The van der Waals surface area contributed by atoms with E-state index in [-0.39, 0.29) is 24.2 Å². The molecule has 2 rings (SSSR count). The van der Waals surface area contributed by atoms with Crippen molar-refractivity contribution in [3.05, 3.63) is 68.8 Å². The van der Waals surface area contributed by atoms with Crippen LogP contribution >= 0.6 is 0 Å². The summed E-state index contributed by atoms with van der Waals surface area (Å²) in [5.74, 6) is -0.636. The third-order valence-corrected chi connectivity index (χ3v) is 5.27. The van der Waals surface area contributed by atoms with E-state index in [4.69, 9.17) is 10.5 Å². The highest BCUT2D eigenvalue weighted by molar-refractivity contribution is 6.10. The first-order chi connectivity index (χ1) is 15.4. The minimum absolute atomic E-state index is 0.0559. The van der Waals surface area contributed by atoms with Gasteiger partial charge in [0.1, 0.15) is 18.0 Å². The molecule has 0 saturated heterocycles. The molecule has 0 bridgehead atoms. The van der Waals surface area contributed by atoms with Gasteiger partial charge in [0.15, 0.2) is 0 Å². The van der Waals surface area contributed by atoms with Crippen LogP contribution in [0.2, 0.25) is 0 Å². The van der Waals surface area contributed by atoms with E-state index in [0.717, 1.165) is 5.56 Å². The van der Waals surface area contributed by atoms with Gasteiger partial charge < -0.3 is 20.2 Å². The summed E-state index contributed by atoms with van der Waals surface area (Å²) in [5, 5.41) is 12.1. The molecule has 9 heteroatoms. The van der Waals surface area contributed by atoms with E-state index < -0.39 is 28.4 Å². The SMILES string of the molecule is Cc1ccccc1N(CC(CC=O)OC(N)=O)C(=O)c1c(C)ccc(C(C)(C)C)c1[N+](=O)[O-]. The van der Waals surface area contributed by atoms with E-state index in [1.165, 1.54) is 4.90 Å². The number of primary amides is 1. The topological polar surface area (TPSA) is 133 Å². The van der Waals surface area contributed by atoms with E-state index in [2.05, 4.69) is 0 Å². The number of ether oxygens (including phenoxy) is 1. The fourth-order valence-corrected chi connectivity index (χ4v) is 3.68. The van der Waals surface area contributed by atoms with Crippen LogP contribution in [-0.4, -0.2) is 35.9 Å². The number of amides is 2. The molecule has 0 aromatic heterocycles. The summed E-state index contributed by atoms with van der Waals surface area (Å²) in [6, 6.07) is 10.3. The number of para-hydroxylation sites is 1. The number of hydrogen-bond acceptors (Lipinski definition) is 6. The molecule has 0 aliphatic heterocycles. The minimum Gasteiger partial charge on any atom is -0.444 e. The second kappa shape index (κ2) is 10.2. The van der Waals surface area contributed by atoms with Crippen LogP contribution in [0, 0.1) is 24.0 Å². The Balaban J connectivity index is 2.74. The summed E-state index contributed by atoms with van der Waals surface area (Å²) in [6.07, 6.45) is -1.74. The summed E-state index contributed by atoms with van der Waals surface area (Å²) in [4.78, 5) is 49.3. The van der Waals surface area contributed by atoms with Gasteiger partial charge in [0.25, 0.3) is 11.6 Å². The smallest absolute Gasteiger partial charge is 0.404 e. The second-order valence-electron chi connectivity index (χ2n) is 8.82. The van der Waals surface area contributed by atoms with Crippen molar-refractivity contribution in [1.82, 2.24) is 0 Å². The molecule has 0 aliphatic rings. The van der Waals surface area contributed by atoms with Crippen molar-refractivity contribution in [2.24, 2.45) is 5.73 Å². The molecule has 0 heterocycles. The summed E-state index contributed by atoms with van der Waals surface area (Å²) in [7, 11) is 0. The maximum absolute atomic E-state index is 13.9. The van der Waals surface area contributed by atoms with Crippen LogP contribution in [0.5, 0.6) is 0 Å². The molecule has 2 amide bonds. The molecule has 1 atom stereocenters. The second-order valence-corrected chi connectivity index (χ2v) is 8.82. The van der Waals surface area contributed by atoms with E-state index in [0.29, 0.717) is 23.1 Å². The number of hydrogen-bond donors (Lipinski definition) is 1. The molecule has 2 aromatic rings. The number of nitrogens with two attached hydrogens (primary N) is 1. The lowest BCUT2D eigenvalue weighted by molar-refractivity contribution is -0.386. The number of carbonyl (C=O) groups excluding carboxylic acids is 3. The highest BCUT2D eigenvalue weighted by Gasteiger charge is 2.35. The Kier molecular flexibility index (Phi) is 7.92. The van der Waals surface area contributed by atoms with Crippen LogP contribution in [-0.2, 0) is 14.9 Å². The Hall–Kier alpha value is -3.75. The number of benzene rings is 2. The molecular formula is C24H29N3O6. The number of carbonyl (C=O) groups is 3. The van der Waals surface area contributed by atoms with Crippen molar-refractivity contribution in [3.63, 3.8) is 0 Å². The number of rotatable bonds is 8. The molecule has 0 saturated carbocycles. The molecule has 33 heavy (non-hydrogen) atoms. The standard InChI is InChI=1S/C24H29N3O6/c1-15-8-6-7-9-19(15)26(14-17(12-13-28)33-23(25)30)22(29)20-16(2)10-11-18(24(3,4)5)21(20)27(31)32/h6-11,13,17H,12,14H2,1-5H3,(H2,25,30).